The number of esters is 2. The van der Waals surface area contributed by atoms with Crippen LogP contribution in [0.2, 0.25) is 0 Å². The summed E-state index contributed by atoms with van der Waals surface area (Å²) in [6.07, 6.45) is -2.27. The Hall–Kier alpha value is -2.93. The number of aliphatic hydroxyl groups is 1. The molecule has 1 N–H and O–H groups in total. The molecule has 3 rings (SSSR count). The van der Waals surface area contributed by atoms with E-state index in [4.69, 9.17) is 14.2 Å². The molecule has 7 nitrogen and oxygen atoms in total. The van der Waals surface area contributed by atoms with E-state index < -0.39 is 29.9 Å². The first-order chi connectivity index (χ1) is 11.8. The van der Waals surface area contributed by atoms with Crippen molar-refractivity contribution in [2.24, 2.45) is 0 Å². The molecule has 25 heavy (non-hydrogen) atoms. The molecule has 7 heteroatoms. The SMILES string of the molecule is CC(=O)Oc1c2c(c(OC(C)=O)c3ccccc13)C(=O)[C@H](O)[C@@H](C)O2. The second-order valence-corrected chi connectivity index (χ2v) is 5.73. The van der Waals surface area contributed by atoms with Crippen LogP contribution in [0.25, 0.3) is 10.8 Å². The third kappa shape index (κ3) is 2.83. The van der Waals surface area contributed by atoms with Crippen molar-refractivity contribution in [1.29, 1.82) is 0 Å². The van der Waals surface area contributed by atoms with Gasteiger partial charge in [0.2, 0.25) is 5.78 Å². The molecule has 0 spiro atoms. The largest absolute Gasteiger partial charge is 0.483 e. The fourth-order valence-electron chi connectivity index (χ4n) is 2.80. The molecule has 2 aromatic rings. The van der Waals surface area contributed by atoms with Crippen LogP contribution < -0.4 is 14.2 Å². The summed E-state index contributed by atoms with van der Waals surface area (Å²) in [5.41, 5.74) is -0.115. The fourth-order valence-corrected chi connectivity index (χ4v) is 2.80. The van der Waals surface area contributed by atoms with Crippen molar-refractivity contribution >= 4 is 28.5 Å². The molecule has 0 saturated heterocycles. The molecular formula is C18H16O7. The van der Waals surface area contributed by atoms with Crippen LogP contribution in [0.5, 0.6) is 17.2 Å². The number of Topliss-reactive ketones (excluding diaryl/α,β-unsaturated/α-hetero) is 1. The minimum Gasteiger partial charge on any atom is -0.483 e. The van der Waals surface area contributed by atoms with Crippen molar-refractivity contribution in [2.75, 3.05) is 0 Å². The van der Waals surface area contributed by atoms with Crippen LogP contribution in [-0.2, 0) is 9.59 Å². The Kier molecular flexibility index (Phi) is 4.18. The molecule has 1 heterocycles. The molecule has 0 saturated carbocycles. The molecule has 1 aliphatic rings. The summed E-state index contributed by atoms with van der Waals surface area (Å²) in [5, 5.41) is 10.9. The van der Waals surface area contributed by atoms with Gasteiger partial charge in [0.1, 0.15) is 11.7 Å². The standard InChI is InChI=1S/C18H16O7/c1-8-14(21)15(22)13-16(24-9(2)19)11-6-4-5-7-12(11)17(18(13)23-8)25-10(3)20/h4-8,14,21H,1-3H3/t8-,14-/m1/s1. The van der Waals surface area contributed by atoms with Gasteiger partial charge in [0.05, 0.1) is 0 Å². The van der Waals surface area contributed by atoms with Crippen molar-refractivity contribution < 1.29 is 33.7 Å². The van der Waals surface area contributed by atoms with Gasteiger partial charge < -0.3 is 19.3 Å². The number of ether oxygens (including phenoxy) is 3. The van der Waals surface area contributed by atoms with E-state index in [1.807, 2.05) is 0 Å². The van der Waals surface area contributed by atoms with E-state index >= 15 is 0 Å². The maximum Gasteiger partial charge on any atom is 0.308 e. The van der Waals surface area contributed by atoms with E-state index in [0.29, 0.717) is 10.8 Å². The van der Waals surface area contributed by atoms with E-state index in [0.717, 1.165) is 0 Å². The average Bonchev–Trinajstić information content (AvgIpc) is 2.55. The highest BCUT2D eigenvalue weighted by Crippen LogP contribution is 2.48. The lowest BCUT2D eigenvalue weighted by molar-refractivity contribution is -0.133. The zero-order chi connectivity index (χ0) is 18.3. The molecule has 0 amide bonds. The maximum atomic E-state index is 12.6. The highest BCUT2D eigenvalue weighted by molar-refractivity contribution is 6.13. The number of carbonyl (C=O) groups is 3. The number of fused-ring (bicyclic) bond motifs is 2. The minimum absolute atomic E-state index is 0.0204. The van der Waals surface area contributed by atoms with Crippen molar-refractivity contribution in [3.05, 3.63) is 29.8 Å². The lowest BCUT2D eigenvalue weighted by atomic mass is 9.93. The monoisotopic (exact) mass is 344 g/mol. The predicted octanol–water partition coefficient (Wildman–Crippen LogP) is 2.01. The van der Waals surface area contributed by atoms with Crippen LogP contribution in [-0.4, -0.2) is 35.0 Å². The maximum absolute atomic E-state index is 12.6. The highest BCUT2D eigenvalue weighted by atomic mass is 16.6. The summed E-state index contributed by atoms with van der Waals surface area (Å²) in [6.45, 7) is 3.95. The zero-order valence-electron chi connectivity index (χ0n) is 13.9. The Morgan fingerprint density at radius 2 is 1.56 bits per heavy atom. The van der Waals surface area contributed by atoms with Crippen LogP contribution in [0.3, 0.4) is 0 Å². The Bertz CT molecular complexity index is 900. The smallest absolute Gasteiger partial charge is 0.308 e. The lowest BCUT2D eigenvalue weighted by Crippen LogP contribution is -2.40. The number of benzene rings is 2. The van der Waals surface area contributed by atoms with Gasteiger partial charge in [0.25, 0.3) is 0 Å². The summed E-state index contributed by atoms with van der Waals surface area (Å²) >= 11 is 0. The van der Waals surface area contributed by atoms with Gasteiger partial charge in [0, 0.05) is 24.6 Å². The molecule has 0 radical (unpaired) electrons. The molecule has 0 bridgehead atoms. The molecule has 130 valence electrons. The van der Waals surface area contributed by atoms with Gasteiger partial charge in [-0.3, -0.25) is 14.4 Å². The second kappa shape index (κ2) is 6.18. The number of carbonyl (C=O) groups excluding carboxylic acids is 3. The van der Waals surface area contributed by atoms with E-state index in [1.165, 1.54) is 20.8 Å². The number of aliphatic hydroxyl groups excluding tert-OH is 1. The summed E-state index contributed by atoms with van der Waals surface area (Å²) < 4.78 is 16.2. The number of ketones is 1. The minimum atomic E-state index is -1.42. The van der Waals surface area contributed by atoms with Gasteiger partial charge in [0.15, 0.2) is 23.4 Å². The Labute approximate surface area is 143 Å². The van der Waals surface area contributed by atoms with Gasteiger partial charge in [-0.15, -0.1) is 0 Å². The Balaban J connectivity index is 2.43. The molecule has 0 fully saturated rings. The summed E-state index contributed by atoms with van der Waals surface area (Å²) in [7, 11) is 0. The second-order valence-electron chi connectivity index (χ2n) is 5.73. The van der Waals surface area contributed by atoms with Crippen LogP contribution >= 0.6 is 0 Å². The van der Waals surface area contributed by atoms with Crippen LogP contribution in [0.1, 0.15) is 31.1 Å². The van der Waals surface area contributed by atoms with Gasteiger partial charge >= 0.3 is 11.9 Å². The number of hydrogen-bond donors (Lipinski definition) is 1. The first kappa shape index (κ1) is 16.9. The summed E-state index contributed by atoms with van der Waals surface area (Å²) in [5.74, 6) is -1.88. The van der Waals surface area contributed by atoms with Crippen molar-refractivity contribution in [1.82, 2.24) is 0 Å². The van der Waals surface area contributed by atoms with Crippen molar-refractivity contribution in [3.8, 4) is 17.2 Å². The van der Waals surface area contributed by atoms with E-state index in [1.54, 1.807) is 24.3 Å². The number of rotatable bonds is 2. The molecule has 2 atom stereocenters. The van der Waals surface area contributed by atoms with Crippen LogP contribution in [0.4, 0.5) is 0 Å². The van der Waals surface area contributed by atoms with E-state index in [2.05, 4.69) is 0 Å². The van der Waals surface area contributed by atoms with Gasteiger partial charge in [-0.2, -0.15) is 0 Å². The normalized spacial score (nSPS) is 19.1. The van der Waals surface area contributed by atoms with Crippen LogP contribution in [0, 0.1) is 0 Å². The van der Waals surface area contributed by atoms with Gasteiger partial charge in [-0.1, -0.05) is 24.3 Å². The van der Waals surface area contributed by atoms with Gasteiger partial charge in [-0.05, 0) is 6.92 Å². The quantitative estimate of drug-likeness (QED) is 0.657. The lowest BCUT2D eigenvalue weighted by Gasteiger charge is -2.30. The average molecular weight is 344 g/mol. The molecule has 0 aromatic heterocycles. The number of hydrogen-bond acceptors (Lipinski definition) is 7. The first-order valence-corrected chi connectivity index (χ1v) is 7.65. The highest BCUT2D eigenvalue weighted by Gasteiger charge is 2.40. The fraction of sp³-hybridized carbons (Fsp3) is 0.278. The zero-order valence-corrected chi connectivity index (χ0v) is 13.9. The summed E-state index contributed by atoms with van der Waals surface area (Å²) in [4.78, 5) is 35.7. The molecule has 2 aromatic carbocycles. The first-order valence-electron chi connectivity index (χ1n) is 7.65. The van der Waals surface area contributed by atoms with Crippen molar-refractivity contribution in [2.45, 2.75) is 33.0 Å². The third-order valence-corrected chi connectivity index (χ3v) is 3.83. The Morgan fingerprint density at radius 1 is 1.04 bits per heavy atom. The van der Waals surface area contributed by atoms with E-state index in [9.17, 15) is 19.5 Å². The summed E-state index contributed by atoms with van der Waals surface area (Å²) in [6, 6.07) is 6.68. The topological polar surface area (TPSA) is 99.1 Å². The predicted molar refractivity (Wildman–Crippen MR) is 87.0 cm³/mol. The molecule has 0 unspecified atom stereocenters. The van der Waals surface area contributed by atoms with Crippen molar-refractivity contribution in [3.63, 3.8) is 0 Å². The van der Waals surface area contributed by atoms with E-state index in [-0.39, 0.29) is 22.8 Å². The van der Waals surface area contributed by atoms with Gasteiger partial charge in [-0.25, -0.2) is 0 Å². The molecule has 0 aliphatic carbocycles. The Morgan fingerprint density at radius 3 is 2.12 bits per heavy atom. The van der Waals surface area contributed by atoms with Crippen LogP contribution in [0.15, 0.2) is 24.3 Å². The molecule has 1 aliphatic heterocycles. The molecular weight excluding hydrogens is 328 g/mol. The third-order valence-electron chi connectivity index (χ3n) is 3.83.